The molecule has 0 aliphatic rings. The minimum atomic E-state index is 0.157. The molecule has 0 atom stereocenters. The monoisotopic (exact) mass is 467 g/mol. The second kappa shape index (κ2) is 11.4. The molecule has 0 fully saturated rings. The van der Waals surface area contributed by atoms with E-state index < -0.39 is 0 Å². The standard InChI is InChI=1S/C34H29NO/c36-25-24-27-16-20-32(21-17-27)35(31-14-8-3-9-15-31)33-22-18-28(19-23-33)26-34(29-10-4-1-5-11-29)30-12-6-2-7-13-30/h1-23,26,36H,24-25H2. The minimum Gasteiger partial charge on any atom is -0.396 e. The van der Waals surface area contributed by atoms with Crippen molar-refractivity contribution in [3.8, 4) is 0 Å². The molecule has 36 heavy (non-hydrogen) atoms. The summed E-state index contributed by atoms with van der Waals surface area (Å²) in [6.45, 7) is 0.157. The highest BCUT2D eigenvalue weighted by atomic mass is 16.2. The van der Waals surface area contributed by atoms with Crippen LogP contribution in [0.1, 0.15) is 22.3 Å². The van der Waals surface area contributed by atoms with E-state index in [9.17, 15) is 5.11 Å². The SMILES string of the molecule is OCCc1ccc(N(c2ccccc2)c2ccc(C=C(c3ccccc3)c3ccccc3)cc2)cc1. The number of para-hydroxylation sites is 1. The van der Waals surface area contributed by atoms with Crippen LogP contribution in [0.5, 0.6) is 0 Å². The zero-order chi connectivity index (χ0) is 24.6. The summed E-state index contributed by atoms with van der Waals surface area (Å²) in [6.07, 6.45) is 2.92. The van der Waals surface area contributed by atoms with Crippen molar-refractivity contribution in [1.82, 2.24) is 0 Å². The largest absolute Gasteiger partial charge is 0.396 e. The first-order valence-corrected chi connectivity index (χ1v) is 12.3. The third kappa shape index (κ3) is 5.46. The van der Waals surface area contributed by atoms with E-state index in [1.165, 1.54) is 16.7 Å². The zero-order valence-electron chi connectivity index (χ0n) is 20.2. The van der Waals surface area contributed by atoms with Crippen LogP contribution in [0, 0.1) is 0 Å². The van der Waals surface area contributed by atoms with Crippen LogP contribution in [0.4, 0.5) is 17.1 Å². The lowest BCUT2D eigenvalue weighted by atomic mass is 9.95. The molecule has 176 valence electrons. The highest BCUT2D eigenvalue weighted by molar-refractivity contribution is 5.91. The van der Waals surface area contributed by atoms with Crippen LogP contribution < -0.4 is 4.90 Å². The smallest absolute Gasteiger partial charge is 0.0471 e. The molecule has 0 aromatic heterocycles. The van der Waals surface area contributed by atoms with Gasteiger partial charge in [0.2, 0.25) is 0 Å². The van der Waals surface area contributed by atoms with Gasteiger partial charge >= 0.3 is 0 Å². The van der Waals surface area contributed by atoms with E-state index in [-0.39, 0.29) is 6.61 Å². The Labute approximate surface area is 213 Å². The number of rotatable bonds is 8. The van der Waals surface area contributed by atoms with E-state index in [2.05, 4.69) is 144 Å². The average molecular weight is 468 g/mol. The summed E-state index contributed by atoms with van der Waals surface area (Å²) in [6, 6.07) is 48.6. The van der Waals surface area contributed by atoms with Gasteiger partial charge in [0.1, 0.15) is 0 Å². The van der Waals surface area contributed by atoms with Gasteiger partial charge in [-0.15, -0.1) is 0 Å². The van der Waals surface area contributed by atoms with E-state index in [0.29, 0.717) is 6.42 Å². The Kier molecular flexibility index (Phi) is 7.36. The molecule has 0 saturated carbocycles. The summed E-state index contributed by atoms with van der Waals surface area (Å²) in [5.74, 6) is 0. The second-order valence-corrected chi connectivity index (χ2v) is 8.69. The van der Waals surface area contributed by atoms with Gasteiger partial charge in [-0.2, -0.15) is 0 Å². The molecule has 0 amide bonds. The predicted molar refractivity (Wildman–Crippen MR) is 152 cm³/mol. The highest BCUT2D eigenvalue weighted by Gasteiger charge is 2.12. The first-order valence-electron chi connectivity index (χ1n) is 12.3. The van der Waals surface area contributed by atoms with Crippen LogP contribution >= 0.6 is 0 Å². The topological polar surface area (TPSA) is 23.5 Å². The van der Waals surface area contributed by atoms with Crippen LogP contribution in [-0.4, -0.2) is 11.7 Å². The van der Waals surface area contributed by atoms with Gasteiger partial charge < -0.3 is 10.0 Å². The van der Waals surface area contributed by atoms with Crippen LogP contribution in [-0.2, 0) is 6.42 Å². The quantitative estimate of drug-likeness (QED) is 0.232. The summed E-state index contributed by atoms with van der Waals surface area (Å²) in [5, 5.41) is 9.27. The number of aliphatic hydroxyl groups is 1. The third-order valence-corrected chi connectivity index (χ3v) is 6.24. The fourth-order valence-electron chi connectivity index (χ4n) is 4.42. The number of anilines is 3. The number of nitrogens with zero attached hydrogens (tertiary/aromatic N) is 1. The molecule has 0 radical (unpaired) electrons. The molecule has 0 spiro atoms. The molecule has 0 saturated heterocycles. The van der Waals surface area contributed by atoms with Crippen molar-refractivity contribution >= 4 is 28.7 Å². The predicted octanol–water partition coefficient (Wildman–Crippen LogP) is 8.28. The number of aliphatic hydroxyl groups excluding tert-OH is 1. The normalized spacial score (nSPS) is 10.6. The summed E-state index contributed by atoms with van der Waals surface area (Å²) >= 11 is 0. The van der Waals surface area contributed by atoms with Crippen LogP contribution in [0.25, 0.3) is 11.6 Å². The van der Waals surface area contributed by atoms with Gasteiger partial charge in [-0.1, -0.05) is 103 Å². The first kappa shape index (κ1) is 23.3. The average Bonchev–Trinajstić information content (AvgIpc) is 2.95. The van der Waals surface area contributed by atoms with E-state index in [1.54, 1.807) is 0 Å². The van der Waals surface area contributed by atoms with Crippen molar-refractivity contribution in [2.24, 2.45) is 0 Å². The molecule has 0 unspecified atom stereocenters. The Morgan fingerprint density at radius 1 is 0.528 bits per heavy atom. The Balaban J connectivity index is 1.52. The maximum Gasteiger partial charge on any atom is 0.0471 e. The third-order valence-electron chi connectivity index (χ3n) is 6.24. The molecule has 1 N–H and O–H groups in total. The molecule has 0 bridgehead atoms. The van der Waals surface area contributed by atoms with Crippen LogP contribution in [0.3, 0.4) is 0 Å². The first-order chi connectivity index (χ1) is 17.8. The molecular formula is C34H29NO. The highest BCUT2D eigenvalue weighted by Crippen LogP contribution is 2.35. The molecule has 5 aromatic carbocycles. The molecule has 5 aromatic rings. The van der Waals surface area contributed by atoms with Gasteiger partial charge in [0.25, 0.3) is 0 Å². The zero-order valence-corrected chi connectivity index (χ0v) is 20.2. The van der Waals surface area contributed by atoms with E-state index >= 15 is 0 Å². The Hall–Kier alpha value is -4.40. The lowest BCUT2D eigenvalue weighted by Crippen LogP contribution is -2.09. The Morgan fingerprint density at radius 2 is 0.972 bits per heavy atom. The van der Waals surface area contributed by atoms with Gasteiger partial charge in [0.05, 0.1) is 0 Å². The van der Waals surface area contributed by atoms with E-state index in [1.807, 2.05) is 6.07 Å². The van der Waals surface area contributed by atoms with Crippen LogP contribution in [0.2, 0.25) is 0 Å². The van der Waals surface area contributed by atoms with Crippen molar-refractivity contribution in [2.45, 2.75) is 6.42 Å². The number of benzene rings is 5. The number of hydrogen-bond acceptors (Lipinski definition) is 2. The maximum atomic E-state index is 9.27. The fourth-order valence-corrected chi connectivity index (χ4v) is 4.42. The van der Waals surface area contributed by atoms with Gasteiger partial charge in [-0.05, 0) is 76.7 Å². The minimum absolute atomic E-state index is 0.157. The van der Waals surface area contributed by atoms with Crippen molar-refractivity contribution < 1.29 is 5.11 Å². The van der Waals surface area contributed by atoms with Gasteiger partial charge in [0, 0.05) is 23.7 Å². The Morgan fingerprint density at radius 3 is 1.47 bits per heavy atom. The number of hydrogen-bond donors (Lipinski definition) is 1. The molecule has 0 aliphatic heterocycles. The van der Waals surface area contributed by atoms with E-state index in [0.717, 1.165) is 28.2 Å². The maximum absolute atomic E-state index is 9.27. The Bertz CT molecular complexity index is 1350. The molecule has 0 heterocycles. The van der Waals surface area contributed by atoms with E-state index in [4.69, 9.17) is 0 Å². The van der Waals surface area contributed by atoms with Crippen molar-refractivity contribution in [2.75, 3.05) is 11.5 Å². The fraction of sp³-hybridized carbons (Fsp3) is 0.0588. The van der Waals surface area contributed by atoms with Gasteiger partial charge in [0.15, 0.2) is 0 Å². The lowest BCUT2D eigenvalue weighted by molar-refractivity contribution is 0.299. The summed E-state index contributed by atoms with van der Waals surface area (Å²) < 4.78 is 0. The van der Waals surface area contributed by atoms with Crippen molar-refractivity contribution in [1.29, 1.82) is 0 Å². The van der Waals surface area contributed by atoms with Gasteiger partial charge in [-0.25, -0.2) is 0 Å². The molecule has 0 aliphatic carbocycles. The summed E-state index contributed by atoms with van der Waals surface area (Å²) in [7, 11) is 0. The molecular weight excluding hydrogens is 438 g/mol. The summed E-state index contributed by atoms with van der Waals surface area (Å²) in [4.78, 5) is 2.26. The van der Waals surface area contributed by atoms with Gasteiger partial charge in [-0.3, -0.25) is 0 Å². The summed E-state index contributed by atoms with van der Waals surface area (Å²) in [5.41, 5.74) is 9.14. The molecule has 2 nitrogen and oxygen atoms in total. The van der Waals surface area contributed by atoms with Crippen LogP contribution in [0.15, 0.2) is 140 Å². The molecule has 2 heteroatoms. The van der Waals surface area contributed by atoms with Crippen molar-refractivity contribution in [3.63, 3.8) is 0 Å². The van der Waals surface area contributed by atoms with Crippen molar-refractivity contribution in [3.05, 3.63) is 162 Å². The lowest BCUT2D eigenvalue weighted by Gasteiger charge is -2.25. The second-order valence-electron chi connectivity index (χ2n) is 8.69. The molecule has 5 rings (SSSR count).